The Kier molecular flexibility index (Phi) is 5.97. The van der Waals surface area contributed by atoms with Crippen LogP contribution in [-0.2, 0) is 15.7 Å². The Labute approximate surface area is 152 Å². The molecule has 1 heterocycles. The summed E-state index contributed by atoms with van der Waals surface area (Å²) in [7, 11) is -0.326. The zero-order valence-electron chi connectivity index (χ0n) is 14.9. The quantitative estimate of drug-likeness (QED) is 0.762. The van der Waals surface area contributed by atoms with Crippen molar-refractivity contribution in [1.82, 2.24) is 0 Å². The third kappa shape index (κ3) is 4.44. The maximum Gasteiger partial charge on any atom is 0.494 e. The molecule has 2 aromatic rings. The van der Waals surface area contributed by atoms with Gasteiger partial charge in [-0.2, -0.15) is 0 Å². The first-order chi connectivity index (χ1) is 11.4. The summed E-state index contributed by atoms with van der Waals surface area (Å²) < 4.78 is 18.0. The molecule has 1 saturated heterocycles. The molecule has 0 aliphatic carbocycles. The zero-order chi connectivity index (χ0) is 17.2. The Morgan fingerprint density at radius 1 is 0.840 bits per heavy atom. The van der Waals surface area contributed by atoms with E-state index in [1.54, 1.807) is 0 Å². The summed E-state index contributed by atoms with van der Waals surface area (Å²) in [6, 6.07) is 18.3. The SMILES string of the molecule is C.CC1(C)OB(c2ccc(OCCc3ccccc3)cc2)OC1(C)C. The molecular formula is C21H29BO3. The Bertz CT molecular complexity index is 649. The summed E-state index contributed by atoms with van der Waals surface area (Å²) in [6.45, 7) is 8.92. The van der Waals surface area contributed by atoms with E-state index >= 15 is 0 Å². The van der Waals surface area contributed by atoms with Crippen molar-refractivity contribution in [3.05, 3.63) is 60.2 Å². The highest BCUT2D eigenvalue weighted by Gasteiger charge is 2.51. The summed E-state index contributed by atoms with van der Waals surface area (Å²) in [5, 5.41) is 0. The molecule has 1 fully saturated rings. The van der Waals surface area contributed by atoms with Crippen molar-refractivity contribution >= 4 is 12.6 Å². The molecule has 3 nitrogen and oxygen atoms in total. The highest BCUT2D eigenvalue weighted by atomic mass is 16.7. The average Bonchev–Trinajstić information content (AvgIpc) is 2.77. The summed E-state index contributed by atoms with van der Waals surface area (Å²) in [5.41, 5.74) is 1.67. The second kappa shape index (κ2) is 7.63. The molecule has 0 amide bonds. The number of benzene rings is 2. The Morgan fingerprint density at radius 2 is 1.40 bits per heavy atom. The molecule has 0 atom stereocenters. The van der Waals surface area contributed by atoms with Crippen molar-refractivity contribution in [2.24, 2.45) is 0 Å². The summed E-state index contributed by atoms with van der Waals surface area (Å²) in [4.78, 5) is 0. The van der Waals surface area contributed by atoms with Gasteiger partial charge in [0.25, 0.3) is 0 Å². The van der Waals surface area contributed by atoms with Crippen LogP contribution in [-0.4, -0.2) is 24.9 Å². The number of hydrogen-bond acceptors (Lipinski definition) is 3. The van der Waals surface area contributed by atoms with E-state index in [0.29, 0.717) is 6.61 Å². The predicted octanol–water partition coefficient (Wildman–Crippen LogP) is 4.24. The first-order valence-corrected chi connectivity index (χ1v) is 8.50. The molecule has 134 valence electrons. The molecule has 0 unspecified atom stereocenters. The number of hydrogen-bond donors (Lipinski definition) is 0. The Hall–Kier alpha value is -1.78. The smallest absolute Gasteiger partial charge is 0.493 e. The first-order valence-electron chi connectivity index (χ1n) is 8.50. The molecule has 25 heavy (non-hydrogen) atoms. The highest BCUT2D eigenvalue weighted by molar-refractivity contribution is 6.62. The van der Waals surface area contributed by atoms with Gasteiger partial charge in [-0.05, 0) is 50.9 Å². The van der Waals surface area contributed by atoms with Crippen LogP contribution in [0.15, 0.2) is 54.6 Å². The van der Waals surface area contributed by atoms with Crippen molar-refractivity contribution in [2.75, 3.05) is 6.61 Å². The predicted molar refractivity (Wildman–Crippen MR) is 105 cm³/mol. The third-order valence-corrected chi connectivity index (χ3v) is 4.91. The van der Waals surface area contributed by atoms with Crippen molar-refractivity contribution in [3.63, 3.8) is 0 Å². The fourth-order valence-corrected chi connectivity index (χ4v) is 2.63. The molecule has 4 heteroatoms. The standard InChI is InChI=1S/C20H25BO3.CH4/c1-19(2)20(3,4)24-21(23-19)17-10-12-18(13-11-17)22-15-14-16-8-6-5-7-9-16;/h5-13H,14-15H2,1-4H3;1H4. The minimum absolute atomic E-state index is 0. The van der Waals surface area contributed by atoms with Gasteiger partial charge >= 0.3 is 7.12 Å². The fourth-order valence-electron chi connectivity index (χ4n) is 2.63. The van der Waals surface area contributed by atoms with Gasteiger partial charge in [0.2, 0.25) is 0 Å². The molecule has 2 aromatic carbocycles. The zero-order valence-corrected chi connectivity index (χ0v) is 14.9. The van der Waals surface area contributed by atoms with E-state index in [9.17, 15) is 0 Å². The monoisotopic (exact) mass is 340 g/mol. The normalized spacial score (nSPS) is 17.8. The van der Waals surface area contributed by atoms with Crippen molar-refractivity contribution < 1.29 is 14.0 Å². The molecule has 0 N–H and O–H groups in total. The van der Waals surface area contributed by atoms with Crippen LogP contribution in [0.2, 0.25) is 0 Å². The summed E-state index contributed by atoms with van der Waals surface area (Å²) in [5.74, 6) is 0.867. The Balaban J connectivity index is 0.00000225. The van der Waals surface area contributed by atoms with Gasteiger partial charge in [-0.3, -0.25) is 0 Å². The fraction of sp³-hybridized carbons (Fsp3) is 0.429. The van der Waals surface area contributed by atoms with Crippen LogP contribution in [0.3, 0.4) is 0 Å². The molecule has 1 aliphatic heterocycles. The Morgan fingerprint density at radius 3 is 1.96 bits per heavy atom. The lowest BCUT2D eigenvalue weighted by molar-refractivity contribution is 0.00578. The van der Waals surface area contributed by atoms with Crippen LogP contribution in [0.4, 0.5) is 0 Å². The van der Waals surface area contributed by atoms with E-state index in [1.165, 1.54) is 5.56 Å². The average molecular weight is 340 g/mol. The van der Waals surface area contributed by atoms with Gasteiger partial charge in [-0.25, -0.2) is 0 Å². The summed E-state index contributed by atoms with van der Waals surface area (Å²) >= 11 is 0. The van der Waals surface area contributed by atoms with E-state index in [2.05, 4.69) is 52.0 Å². The van der Waals surface area contributed by atoms with Crippen LogP contribution >= 0.6 is 0 Å². The number of ether oxygens (including phenoxy) is 1. The largest absolute Gasteiger partial charge is 0.494 e. The maximum absolute atomic E-state index is 6.07. The lowest BCUT2D eigenvalue weighted by atomic mass is 9.79. The van der Waals surface area contributed by atoms with Crippen LogP contribution in [0.5, 0.6) is 5.75 Å². The molecule has 3 rings (SSSR count). The van der Waals surface area contributed by atoms with Crippen LogP contribution in [0.1, 0.15) is 40.7 Å². The molecule has 1 aliphatic rings. The summed E-state index contributed by atoms with van der Waals surface area (Å²) in [6.07, 6.45) is 0.903. The van der Waals surface area contributed by atoms with Crippen molar-refractivity contribution in [2.45, 2.75) is 52.7 Å². The van der Waals surface area contributed by atoms with Gasteiger partial charge in [0.05, 0.1) is 17.8 Å². The van der Waals surface area contributed by atoms with E-state index < -0.39 is 0 Å². The topological polar surface area (TPSA) is 27.7 Å². The van der Waals surface area contributed by atoms with Gasteiger partial charge in [0.1, 0.15) is 5.75 Å². The second-order valence-corrected chi connectivity index (χ2v) is 7.24. The van der Waals surface area contributed by atoms with Crippen molar-refractivity contribution in [3.8, 4) is 5.75 Å². The maximum atomic E-state index is 6.07. The van der Waals surface area contributed by atoms with Crippen molar-refractivity contribution in [1.29, 1.82) is 0 Å². The minimum Gasteiger partial charge on any atom is -0.493 e. The van der Waals surface area contributed by atoms with Gasteiger partial charge < -0.3 is 14.0 Å². The lowest BCUT2D eigenvalue weighted by Gasteiger charge is -2.32. The van der Waals surface area contributed by atoms with Gasteiger partial charge in [0.15, 0.2) is 0 Å². The molecule has 0 saturated carbocycles. The van der Waals surface area contributed by atoms with E-state index in [-0.39, 0.29) is 25.7 Å². The van der Waals surface area contributed by atoms with Gasteiger partial charge in [-0.1, -0.05) is 49.9 Å². The van der Waals surface area contributed by atoms with Crippen LogP contribution < -0.4 is 10.2 Å². The third-order valence-electron chi connectivity index (χ3n) is 4.91. The molecule has 0 aromatic heterocycles. The van der Waals surface area contributed by atoms with Gasteiger partial charge in [0, 0.05) is 6.42 Å². The minimum atomic E-state index is -0.326. The number of rotatable bonds is 5. The second-order valence-electron chi connectivity index (χ2n) is 7.24. The van der Waals surface area contributed by atoms with Crippen LogP contribution in [0, 0.1) is 0 Å². The molecule has 0 bridgehead atoms. The highest BCUT2D eigenvalue weighted by Crippen LogP contribution is 2.36. The first kappa shape index (κ1) is 19.5. The van der Waals surface area contributed by atoms with E-state index in [0.717, 1.165) is 17.6 Å². The van der Waals surface area contributed by atoms with E-state index in [1.807, 2.05) is 30.3 Å². The molecular weight excluding hydrogens is 311 g/mol. The van der Waals surface area contributed by atoms with E-state index in [4.69, 9.17) is 14.0 Å². The van der Waals surface area contributed by atoms with Gasteiger partial charge in [-0.15, -0.1) is 0 Å². The van der Waals surface area contributed by atoms with Crippen LogP contribution in [0.25, 0.3) is 0 Å². The lowest BCUT2D eigenvalue weighted by Crippen LogP contribution is -2.41. The molecule has 0 radical (unpaired) electrons. The molecule has 0 spiro atoms.